The number of carboxylic acid groups (broad SMARTS) is 1. The van der Waals surface area contributed by atoms with Crippen molar-refractivity contribution in [1.82, 2.24) is 0 Å². The standard InChI is InChI=1S/C15H10F4O2/c1-8-6-10(15(17,18)19)3-5-11(8)12-4-2-9(14(20)21)7-13(12)16/h2-7H,1H3,(H,20,21). The Morgan fingerprint density at radius 2 is 1.67 bits per heavy atom. The number of aromatic carboxylic acids is 1. The Hall–Kier alpha value is -2.37. The molecule has 0 aliphatic carbocycles. The number of hydrogen-bond acceptors (Lipinski definition) is 1. The number of aryl methyl sites for hydroxylation is 1. The first kappa shape index (κ1) is 15.0. The fourth-order valence-electron chi connectivity index (χ4n) is 2.01. The van der Waals surface area contributed by atoms with Gasteiger partial charge in [0, 0.05) is 5.56 Å². The number of carboxylic acids is 1. The van der Waals surface area contributed by atoms with E-state index in [9.17, 15) is 22.4 Å². The van der Waals surface area contributed by atoms with Gasteiger partial charge in [-0.05, 0) is 42.3 Å². The van der Waals surface area contributed by atoms with Gasteiger partial charge in [0.15, 0.2) is 0 Å². The lowest BCUT2D eigenvalue weighted by atomic mass is 9.97. The summed E-state index contributed by atoms with van der Waals surface area (Å²) in [5.41, 5.74) is -0.428. The molecule has 0 saturated carbocycles. The monoisotopic (exact) mass is 298 g/mol. The third kappa shape index (κ3) is 3.04. The van der Waals surface area contributed by atoms with Crippen molar-refractivity contribution in [1.29, 1.82) is 0 Å². The minimum atomic E-state index is -4.46. The molecule has 2 aromatic carbocycles. The minimum absolute atomic E-state index is 0.0613. The number of carbonyl (C=O) groups is 1. The van der Waals surface area contributed by atoms with E-state index in [-0.39, 0.29) is 22.3 Å². The molecule has 0 saturated heterocycles. The highest BCUT2D eigenvalue weighted by Crippen LogP contribution is 2.34. The second-order valence-corrected chi connectivity index (χ2v) is 4.53. The van der Waals surface area contributed by atoms with Crippen LogP contribution in [0.1, 0.15) is 21.5 Å². The van der Waals surface area contributed by atoms with E-state index in [2.05, 4.69) is 0 Å². The molecule has 0 atom stereocenters. The van der Waals surface area contributed by atoms with E-state index >= 15 is 0 Å². The van der Waals surface area contributed by atoms with Crippen LogP contribution in [0.15, 0.2) is 36.4 Å². The van der Waals surface area contributed by atoms with Crippen LogP contribution in [-0.2, 0) is 6.18 Å². The molecule has 0 aliphatic heterocycles. The van der Waals surface area contributed by atoms with E-state index in [1.807, 2.05) is 0 Å². The van der Waals surface area contributed by atoms with E-state index in [4.69, 9.17) is 5.11 Å². The maximum Gasteiger partial charge on any atom is 0.416 e. The van der Waals surface area contributed by atoms with Crippen molar-refractivity contribution in [3.05, 3.63) is 58.9 Å². The number of benzene rings is 2. The summed E-state index contributed by atoms with van der Waals surface area (Å²) >= 11 is 0. The van der Waals surface area contributed by atoms with Gasteiger partial charge in [0.2, 0.25) is 0 Å². The molecule has 21 heavy (non-hydrogen) atoms. The van der Waals surface area contributed by atoms with Gasteiger partial charge in [0.25, 0.3) is 0 Å². The van der Waals surface area contributed by atoms with Crippen LogP contribution in [0.3, 0.4) is 0 Å². The zero-order valence-electron chi connectivity index (χ0n) is 10.8. The van der Waals surface area contributed by atoms with Gasteiger partial charge in [-0.3, -0.25) is 0 Å². The first-order valence-electron chi connectivity index (χ1n) is 5.91. The third-order valence-electron chi connectivity index (χ3n) is 3.06. The molecule has 0 radical (unpaired) electrons. The maximum atomic E-state index is 13.9. The van der Waals surface area contributed by atoms with E-state index < -0.39 is 23.5 Å². The molecular weight excluding hydrogens is 288 g/mol. The van der Waals surface area contributed by atoms with Crippen LogP contribution < -0.4 is 0 Å². The summed E-state index contributed by atoms with van der Waals surface area (Å²) in [4.78, 5) is 10.7. The molecule has 0 unspecified atom stereocenters. The van der Waals surface area contributed by atoms with Crippen molar-refractivity contribution >= 4 is 5.97 Å². The molecule has 0 bridgehead atoms. The van der Waals surface area contributed by atoms with Gasteiger partial charge in [-0.1, -0.05) is 12.1 Å². The summed E-state index contributed by atoms with van der Waals surface area (Å²) in [6.07, 6.45) is -4.46. The number of hydrogen-bond donors (Lipinski definition) is 1. The lowest BCUT2D eigenvalue weighted by Gasteiger charge is -2.12. The molecule has 6 heteroatoms. The zero-order chi connectivity index (χ0) is 15.8. The number of halogens is 4. The van der Waals surface area contributed by atoms with Gasteiger partial charge in [0.1, 0.15) is 5.82 Å². The van der Waals surface area contributed by atoms with E-state index in [1.54, 1.807) is 0 Å². The number of alkyl halides is 3. The molecule has 2 nitrogen and oxygen atoms in total. The predicted octanol–water partition coefficient (Wildman–Crippen LogP) is 4.52. The van der Waals surface area contributed by atoms with Crippen molar-refractivity contribution in [3.8, 4) is 11.1 Å². The molecule has 0 amide bonds. The summed E-state index contributed by atoms with van der Waals surface area (Å²) in [6, 6.07) is 6.27. The minimum Gasteiger partial charge on any atom is -0.478 e. The van der Waals surface area contributed by atoms with Gasteiger partial charge in [-0.2, -0.15) is 13.2 Å². The lowest BCUT2D eigenvalue weighted by molar-refractivity contribution is -0.137. The summed E-state index contributed by atoms with van der Waals surface area (Å²) < 4.78 is 51.7. The topological polar surface area (TPSA) is 37.3 Å². The Labute approximate surface area is 117 Å². The van der Waals surface area contributed by atoms with E-state index in [1.165, 1.54) is 25.1 Å². The van der Waals surface area contributed by atoms with Crippen molar-refractivity contribution in [3.63, 3.8) is 0 Å². The zero-order valence-corrected chi connectivity index (χ0v) is 10.8. The van der Waals surface area contributed by atoms with E-state index in [0.717, 1.165) is 18.2 Å². The molecule has 0 fully saturated rings. The second-order valence-electron chi connectivity index (χ2n) is 4.53. The highest BCUT2D eigenvalue weighted by atomic mass is 19.4. The Kier molecular flexibility index (Phi) is 3.72. The van der Waals surface area contributed by atoms with Crippen molar-refractivity contribution in [2.75, 3.05) is 0 Å². The molecule has 110 valence electrons. The average Bonchev–Trinajstić information content (AvgIpc) is 2.38. The summed E-state index contributed by atoms with van der Waals surface area (Å²) in [7, 11) is 0. The van der Waals surface area contributed by atoms with Gasteiger partial charge in [-0.15, -0.1) is 0 Å². The predicted molar refractivity (Wildman–Crippen MR) is 68.5 cm³/mol. The fourth-order valence-corrected chi connectivity index (χ4v) is 2.01. The molecule has 2 aromatic rings. The van der Waals surface area contributed by atoms with E-state index in [0.29, 0.717) is 0 Å². The SMILES string of the molecule is Cc1cc(C(F)(F)F)ccc1-c1ccc(C(=O)O)cc1F. The third-order valence-corrected chi connectivity index (χ3v) is 3.06. The summed E-state index contributed by atoms with van der Waals surface area (Å²) in [5.74, 6) is -2.07. The van der Waals surface area contributed by atoms with Crippen molar-refractivity contribution < 1.29 is 27.5 Å². The highest BCUT2D eigenvalue weighted by Gasteiger charge is 2.30. The van der Waals surface area contributed by atoms with Gasteiger partial charge >= 0.3 is 12.1 Å². The summed E-state index contributed by atoms with van der Waals surface area (Å²) in [5, 5.41) is 8.76. The smallest absolute Gasteiger partial charge is 0.416 e. The van der Waals surface area contributed by atoms with Crippen molar-refractivity contribution in [2.45, 2.75) is 13.1 Å². The molecule has 2 rings (SSSR count). The van der Waals surface area contributed by atoms with Gasteiger partial charge in [-0.25, -0.2) is 9.18 Å². The van der Waals surface area contributed by atoms with Crippen LogP contribution >= 0.6 is 0 Å². The molecule has 0 heterocycles. The first-order chi connectivity index (χ1) is 9.70. The molecule has 0 aromatic heterocycles. The molecule has 0 aliphatic rings. The van der Waals surface area contributed by atoms with Gasteiger partial charge in [0.05, 0.1) is 11.1 Å². The number of rotatable bonds is 2. The molecule has 0 spiro atoms. The Morgan fingerprint density at radius 3 is 2.14 bits per heavy atom. The van der Waals surface area contributed by atoms with Crippen LogP contribution in [0.4, 0.5) is 17.6 Å². The lowest BCUT2D eigenvalue weighted by Crippen LogP contribution is -2.05. The molecule has 1 N–H and O–H groups in total. The largest absolute Gasteiger partial charge is 0.478 e. The second kappa shape index (κ2) is 5.20. The quantitative estimate of drug-likeness (QED) is 0.828. The first-order valence-corrected chi connectivity index (χ1v) is 5.91. The fraction of sp³-hybridized carbons (Fsp3) is 0.133. The Balaban J connectivity index is 2.50. The van der Waals surface area contributed by atoms with Crippen molar-refractivity contribution in [2.24, 2.45) is 0 Å². The van der Waals surface area contributed by atoms with Crippen LogP contribution in [0.5, 0.6) is 0 Å². The summed E-state index contributed by atoms with van der Waals surface area (Å²) in [6.45, 7) is 1.44. The van der Waals surface area contributed by atoms with Crippen LogP contribution in [-0.4, -0.2) is 11.1 Å². The Morgan fingerprint density at radius 1 is 1.05 bits per heavy atom. The molecular formula is C15H10F4O2. The van der Waals surface area contributed by atoms with Crippen LogP contribution in [0, 0.1) is 12.7 Å². The van der Waals surface area contributed by atoms with Gasteiger partial charge < -0.3 is 5.11 Å². The van der Waals surface area contributed by atoms with Crippen LogP contribution in [0.25, 0.3) is 11.1 Å². The highest BCUT2D eigenvalue weighted by molar-refractivity contribution is 5.88. The Bertz CT molecular complexity index is 705. The average molecular weight is 298 g/mol. The maximum absolute atomic E-state index is 13.9. The van der Waals surface area contributed by atoms with Crippen LogP contribution in [0.2, 0.25) is 0 Å². The normalized spacial score (nSPS) is 11.5.